The molecule has 1 rings (SSSR count). The quantitative estimate of drug-likeness (QED) is 0.805. The highest BCUT2D eigenvalue weighted by Gasteiger charge is 2.11. The van der Waals surface area contributed by atoms with Gasteiger partial charge in [-0.05, 0) is 25.8 Å². The lowest BCUT2D eigenvalue weighted by Gasteiger charge is -2.12. The molecule has 0 radical (unpaired) electrons. The van der Waals surface area contributed by atoms with E-state index in [9.17, 15) is 0 Å². The maximum Gasteiger partial charge on any atom is 0.133 e. The van der Waals surface area contributed by atoms with E-state index in [0.29, 0.717) is 12.5 Å². The Bertz CT molecular complexity index is 306. The van der Waals surface area contributed by atoms with Crippen LogP contribution in [0.1, 0.15) is 49.8 Å². The van der Waals surface area contributed by atoms with E-state index in [1.807, 2.05) is 6.92 Å². The smallest absolute Gasteiger partial charge is 0.133 e. The van der Waals surface area contributed by atoms with Crippen molar-refractivity contribution in [1.29, 1.82) is 0 Å². The number of aromatic nitrogens is 2. The molecule has 1 heterocycles. The summed E-state index contributed by atoms with van der Waals surface area (Å²) < 4.78 is 0. The Morgan fingerprint density at radius 3 is 2.60 bits per heavy atom. The van der Waals surface area contributed by atoms with E-state index in [1.165, 1.54) is 0 Å². The molecule has 15 heavy (non-hydrogen) atoms. The maximum absolute atomic E-state index is 5.71. The van der Waals surface area contributed by atoms with Gasteiger partial charge in [-0.1, -0.05) is 20.3 Å². The molecular weight excluding hydrogens is 186 g/mol. The van der Waals surface area contributed by atoms with Gasteiger partial charge in [-0.3, -0.25) is 0 Å². The predicted molar refractivity (Wildman–Crippen MR) is 62.9 cm³/mol. The molecule has 84 valence electrons. The summed E-state index contributed by atoms with van der Waals surface area (Å²) in [6.07, 6.45) is 3.15. The Labute approximate surface area is 92.1 Å². The summed E-state index contributed by atoms with van der Waals surface area (Å²) in [7, 11) is 0. The van der Waals surface area contributed by atoms with Crippen LogP contribution >= 0.6 is 0 Å². The lowest BCUT2D eigenvalue weighted by Crippen LogP contribution is -2.16. The molecule has 0 aromatic carbocycles. The summed E-state index contributed by atoms with van der Waals surface area (Å²) >= 11 is 0. The zero-order valence-electron chi connectivity index (χ0n) is 9.95. The molecule has 3 heteroatoms. The third kappa shape index (κ3) is 3.27. The third-order valence-corrected chi connectivity index (χ3v) is 2.57. The van der Waals surface area contributed by atoms with Crippen LogP contribution in [0.3, 0.4) is 0 Å². The average Bonchev–Trinajstić information content (AvgIpc) is 2.19. The van der Waals surface area contributed by atoms with Crippen LogP contribution < -0.4 is 5.73 Å². The van der Waals surface area contributed by atoms with E-state index in [1.54, 1.807) is 0 Å². The Balaban J connectivity index is 2.96. The van der Waals surface area contributed by atoms with Gasteiger partial charge in [0.15, 0.2) is 0 Å². The van der Waals surface area contributed by atoms with E-state index in [2.05, 4.69) is 29.9 Å². The van der Waals surface area contributed by atoms with Crippen LogP contribution in [-0.4, -0.2) is 16.5 Å². The van der Waals surface area contributed by atoms with Crippen molar-refractivity contribution in [2.75, 3.05) is 6.54 Å². The van der Waals surface area contributed by atoms with Crippen molar-refractivity contribution in [3.8, 4) is 0 Å². The molecule has 0 saturated carbocycles. The summed E-state index contributed by atoms with van der Waals surface area (Å²) in [4.78, 5) is 9.04. The molecule has 0 amide bonds. The molecule has 1 atom stereocenters. The number of aryl methyl sites for hydroxylation is 2. The van der Waals surface area contributed by atoms with Gasteiger partial charge in [0.25, 0.3) is 0 Å². The molecule has 0 bridgehead atoms. The van der Waals surface area contributed by atoms with Crippen LogP contribution in [-0.2, 0) is 6.42 Å². The highest BCUT2D eigenvalue weighted by Crippen LogP contribution is 2.15. The molecule has 1 aromatic rings. The van der Waals surface area contributed by atoms with Crippen LogP contribution in [0.25, 0.3) is 0 Å². The first-order valence-electron chi connectivity index (χ1n) is 5.75. The molecule has 0 aliphatic carbocycles. The first kappa shape index (κ1) is 12.1. The normalized spacial score (nSPS) is 12.8. The average molecular weight is 207 g/mol. The molecule has 3 nitrogen and oxygen atoms in total. The lowest BCUT2D eigenvalue weighted by atomic mass is 10.1. The van der Waals surface area contributed by atoms with E-state index in [4.69, 9.17) is 5.73 Å². The van der Waals surface area contributed by atoms with E-state index in [0.717, 1.165) is 36.5 Å². The first-order chi connectivity index (χ1) is 7.21. The summed E-state index contributed by atoms with van der Waals surface area (Å²) in [6, 6.07) is 2.07. The van der Waals surface area contributed by atoms with Gasteiger partial charge in [-0.15, -0.1) is 0 Å². The molecule has 0 aliphatic heterocycles. The van der Waals surface area contributed by atoms with Crippen LogP contribution in [0.2, 0.25) is 0 Å². The number of hydrogen-bond donors (Lipinski definition) is 1. The first-order valence-corrected chi connectivity index (χ1v) is 5.75. The van der Waals surface area contributed by atoms with Crippen LogP contribution in [0, 0.1) is 6.92 Å². The fourth-order valence-electron chi connectivity index (χ4n) is 1.68. The van der Waals surface area contributed by atoms with Gasteiger partial charge < -0.3 is 5.73 Å². The zero-order valence-corrected chi connectivity index (χ0v) is 9.95. The van der Waals surface area contributed by atoms with Crippen molar-refractivity contribution in [3.63, 3.8) is 0 Å². The van der Waals surface area contributed by atoms with E-state index in [-0.39, 0.29) is 0 Å². The minimum Gasteiger partial charge on any atom is -0.330 e. The number of nitrogens with two attached hydrogens (primary N) is 1. The van der Waals surface area contributed by atoms with Crippen molar-refractivity contribution in [2.45, 2.75) is 46.0 Å². The highest BCUT2D eigenvalue weighted by atomic mass is 14.9. The molecule has 0 spiro atoms. The summed E-state index contributed by atoms with van der Waals surface area (Å²) in [5.41, 5.74) is 7.91. The predicted octanol–water partition coefficient (Wildman–Crippen LogP) is 2.19. The van der Waals surface area contributed by atoms with Gasteiger partial charge in [0.1, 0.15) is 5.82 Å². The molecule has 0 aliphatic rings. The highest BCUT2D eigenvalue weighted by molar-refractivity contribution is 5.12. The van der Waals surface area contributed by atoms with Crippen molar-refractivity contribution in [1.82, 2.24) is 9.97 Å². The molecular formula is C12H21N3. The van der Waals surface area contributed by atoms with Gasteiger partial charge >= 0.3 is 0 Å². The summed E-state index contributed by atoms with van der Waals surface area (Å²) in [5, 5.41) is 0. The maximum atomic E-state index is 5.71. The van der Waals surface area contributed by atoms with E-state index < -0.39 is 0 Å². The van der Waals surface area contributed by atoms with Gasteiger partial charge in [0.05, 0.1) is 0 Å². The second kappa shape index (κ2) is 5.81. The number of hydrogen-bond acceptors (Lipinski definition) is 3. The minimum absolute atomic E-state index is 0.306. The fraction of sp³-hybridized carbons (Fsp3) is 0.667. The zero-order chi connectivity index (χ0) is 11.3. The van der Waals surface area contributed by atoms with E-state index >= 15 is 0 Å². The van der Waals surface area contributed by atoms with Crippen molar-refractivity contribution in [2.24, 2.45) is 5.73 Å². The number of rotatable bonds is 5. The Morgan fingerprint density at radius 2 is 2.07 bits per heavy atom. The van der Waals surface area contributed by atoms with Crippen LogP contribution in [0.4, 0.5) is 0 Å². The topological polar surface area (TPSA) is 51.8 Å². The molecule has 2 N–H and O–H groups in total. The standard InChI is InChI=1S/C12H21N3/c1-4-6-11-7-9(3)14-12(15-11)10(5-2)8-13/h7,10H,4-6,8,13H2,1-3H3. The molecule has 0 fully saturated rings. The van der Waals surface area contributed by atoms with Gasteiger partial charge in [0.2, 0.25) is 0 Å². The Hall–Kier alpha value is -0.960. The second-order valence-electron chi connectivity index (χ2n) is 3.95. The summed E-state index contributed by atoms with van der Waals surface area (Å²) in [6.45, 7) is 6.94. The second-order valence-corrected chi connectivity index (χ2v) is 3.95. The minimum atomic E-state index is 0.306. The van der Waals surface area contributed by atoms with Crippen LogP contribution in [0.5, 0.6) is 0 Å². The Morgan fingerprint density at radius 1 is 1.33 bits per heavy atom. The Kier molecular flexibility index (Phi) is 4.69. The monoisotopic (exact) mass is 207 g/mol. The van der Waals surface area contributed by atoms with Gasteiger partial charge in [-0.2, -0.15) is 0 Å². The third-order valence-electron chi connectivity index (χ3n) is 2.57. The summed E-state index contributed by atoms with van der Waals surface area (Å²) in [5.74, 6) is 1.23. The molecule has 0 saturated heterocycles. The van der Waals surface area contributed by atoms with Crippen LogP contribution in [0.15, 0.2) is 6.07 Å². The van der Waals surface area contributed by atoms with Crippen molar-refractivity contribution < 1.29 is 0 Å². The SMILES string of the molecule is CCCc1cc(C)nc(C(CC)CN)n1. The van der Waals surface area contributed by atoms with Crippen molar-refractivity contribution in [3.05, 3.63) is 23.3 Å². The largest absolute Gasteiger partial charge is 0.330 e. The lowest BCUT2D eigenvalue weighted by molar-refractivity contribution is 0.621. The fourth-order valence-corrected chi connectivity index (χ4v) is 1.68. The van der Waals surface area contributed by atoms with Gasteiger partial charge in [-0.25, -0.2) is 9.97 Å². The molecule has 1 aromatic heterocycles. The molecule has 1 unspecified atom stereocenters. The van der Waals surface area contributed by atoms with Gasteiger partial charge in [0, 0.05) is 23.9 Å². The number of nitrogens with zero attached hydrogens (tertiary/aromatic N) is 2. The van der Waals surface area contributed by atoms with Crippen molar-refractivity contribution >= 4 is 0 Å².